The zero-order valence-corrected chi connectivity index (χ0v) is 12.5. The molecular weight excluding hydrogens is 314 g/mol. The maximum Gasteiger partial charge on any atom is 0.140 e. The first-order valence-corrected chi connectivity index (χ1v) is 7.20. The first-order chi connectivity index (χ1) is 9.72. The summed E-state index contributed by atoms with van der Waals surface area (Å²) in [7, 11) is 2.03. The molecule has 0 spiro atoms. The second-order valence-corrected chi connectivity index (χ2v) is 5.87. The molecule has 3 nitrogen and oxygen atoms in total. The second-order valence-electron chi connectivity index (χ2n) is 4.96. The summed E-state index contributed by atoms with van der Waals surface area (Å²) in [6.07, 6.45) is 5.94. The van der Waals surface area contributed by atoms with Gasteiger partial charge in [-0.3, -0.25) is 0 Å². The molecule has 0 fully saturated rings. The highest BCUT2D eigenvalue weighted by Gasteiger charge is 2.10. The molecule has 0 amide bonds. The lowest BCUT2D eigenvalue weighted by Gasteiger charge is -2.00. The van der Waals surface area contributed by atoms with E-state index in [1.807, 2.05) is 19.4 Å². The van der Waals surface area contributed by atoms with Gasteiger partial charge in [0.15, 0.2) is 0 Å². The Hall–Kier alpha value is -2.07. The molecule has 0 atom stereocenters. The smallest absolute Gasteiger partial charge is 0.140 e. The number of nitrogens with zero attached hydrogens (tertiary/aromatic N) is 2. The van der Waals surface area contributed by atoms with E-state index in [9.17, 15) is 0 Å². The summed E-state index contributed by atoms with van der Waals surface area (Å²) >= 11 is 3.51. The molecule has 1 aromatic carbocycles. The van der Waals surface area contributed by atoms with Gasteiger partial charge < -0.3 is 9.55 Å². The summed E-state index contributed by atoms with van der Waals surface area (Å²) in [6, 6.07) is 10.7. The Kier molecular flexibility index (Phi) is 2.47. The van der Waals surface area contributed by atoms with Crippen molar-refractivity contribution in [3.05, 3.63) is 53.4 Å². The Morgan fingerprint density at radius 3 is 3.00 bits per heavy atom. The van der Waals surface area contributed by atoms with E-state index in [0.717, 1.165) is 21.0 Å². The minimum atomic E-state index is 0.998. The zero-order chi connectivity index (χ0) is 13.7. The normalized spacial score (nSPS) is 11.5. The van der Waals surface area contributed by atoms with Gasteiger partial charge in [-0.1, -0.05) is 6.07 Å². The van der Waals surface area contributed by atoms with Crippen LogP contribution in [0.5, 0.6) is 0 Å². The van der Waals surface area contributed by atoms with Gasteiger partial charge in [0.05, 0.1) is 0 Å². The van der Waals surface area contributed by atoms with E-state index < -0.39 is 0 Å². The highest BCUT2D eigenvalue weighted by Crippen LogP contribution is 2.32. The van der Waals surface area contributed by atoms with E-state index in [-0.39, 0.29) is 0 Å². The van der Waals surface area contributed by atoms with E-state index in [0.29, 0.717) is 0 Å². The van der Waals surface area contributed by atoms with Crippen molar-refractivity contribution < 1.29 is 0 Å². The predicted molar refractivity (Wildman–Crippen MR) is 85.7 cm³/mol. The number of rotatable bonds is 1. The number of hydrogen-bond acceptors (Lipinski definition) is 1. The molecule has 4 heteroatoms. The van der Waals surface area contributed by atoms with Crippen molar-refractivity contribution in [2.75, 3.05) is 0 Å². The van der Waals surface area contributed by atoms with Gasteiger partial charge in [-0.05, 0) is 51.1 Å². The average Bonchev–Trinajstić information content (AvgIpc) is 3.02. The lowest BCUT2D eigenvalue weighted by atomic mass is 10.0. The summed E-state index contributed by atoms with van der Waals surface area (Å²) in [5, 5.41) is 2.39. The Morgan fingerprint density at radius 2 is 2.10 bits per heavy atom. The number of fused-ring (bicyclic) bond motifs is 2. The van der Waals surface area contributed by atoms with Crippen LogP contribution < -0.4 is 0 Å². The molecule has 0 radical (unpaired) electrons. The zero-order valence-electron chi connectivity index (χ0n) is 10.9. The van der Waals surface area contributed by atoms with Crippen LogP contribution in [0, 0.1) is 0 Å². The van der Waals surface area contributed by atoms with Crippen molar-refractivity contribution in [2.24, 2.45) is 7.05 Å². The van der Waals surface area contributed by atoms with Crippen molar-refractivity contribution >= 4 is 37.9 Å². The van der Waals surface area contributed by atoms with Gasteiger partial charge >= 0.3 is 0 Å². The third-order valence-electron chi connectivity index (χ3n) is 3.64. The standard InChI is InChI=1S/C16H12BrN3/c1-20-9-14(13-7-12(17)8-19-16(13)20)10-2-3-15-11(6-10)4-5-18-15/h2-9,18H,1H3. The average molecular weight is 326 g/mol. The molecule has 4 rings (SSSR count). The fraction of sp³-hybridized carbons (Fsp3) is 0.0625. The molecule has 0 aliphatic carbocycles. The summed E-state index contributed by atoms with van der Waals surface area (Å²) < 4.78 is 3.07. The minimum Gasteiger partial charge on any atom is -0.361 e. The quantitative estimate of drug-likeness (QED) is 0.549. The molecule has 0 saturated carbocycles. The Bertz CT molecular complexity index is 933. The first-order valence-electron chi connectivity index (χ1n) is 6.40. The number of aromatic amines is 1. The van der Waals surface area contributed by atoms with Crippen molar-refractivity contribution in [2.45, 2.75) is 0 Å². The maximum atomic E-state index is 4.49. The number of aromatic nitrogens is 3. The largest absolute Gasteiger partial charge is 0.361 e. The summed E-state index contributed by atoms with van der Waals surface area (Å²) in [5.41, 5.74) is 4.58. The van der Waals surface area contributed by atoms with Crippen LogP contribution in [0.25, 0.3) is 33.1 Å². The lowest BCUT2D eigenvalue weighted by Crippen LogP contribution is -1.86. The monoisotopic (exact) mass is 325 g/mol. The number of H-pyrrole nitrogens is 1. The molecule has 1 N–H and O–H groups in total. The molecule has 0 bridgehead atoms. The van der Waals surface area contributed by atoms with Crippen LogP contribution >= 0.6 is 15.9 Å². The molecule has 4 aromatic rings. The van der Waals surface area contributed by atoms with E-state index in [1.165, 1.54) is 16.5 Å². The number of halogens is 1. The molecule has 0 unspecified atom stereocenters. The third-order valence-corrected chi connectivity index (χ3v) is 4.08. The first kappa shape index (κ1) is 11.7. The number of nitrogens with one attached hydrogen (secondary N) is 1. The van der Waals surface area contributed by atoms with Crippen LogP contribution in [-0.2, 0) is 7.05 Å². The molecule has 3 aromatic heterocycles. The van der Waals surface area contributed by atoms with Gasteiger partial charge in [-0.2, -0.15) is 0 Å². The van der Waals surface area contributed by atoms with E-state index >= 15 is 0 Å². The Morgan fingerprint density at radius 1 is 1.20 bits per heavy atom. The van der Waals surface area contributed by atoms with Crippen LogP contribution in [0.3, 0.4) is 0 Å². The second kappa shape index (κ2) is 4.21. The molecule has 0 aliphatic rings. The summed E-state index contributed by atoms with van der Waals surface area (Å²) in [4.78, 5) is 7.71. The molecule has 98 valence electrons. The van der Waals surface area contributed by atoms with Crippen molar-refractivity contribution in [1.82, 2.24) is 14.5 Å². The fourth-order valence-corrected chi connectivity index (χ4v) is 3.02. The van der Waals surface area contributed by atoms with Crippen LogP contribution in [0.1, 0.15) is 0 Å². The van der Waals surface area contributed by atoms with Crippen LogP contribution in [0.4, 0.5) is 0 Å². The Balaban J connectivity index is 2.03. The predicted octanol–water partition coefficient (Wildman–Crippen LogP) is 4.48. The molecule has 0 saturated heterocycles. The molecular formula is C16H12BrN3. The van der Waals surface area contributed by atoms with Gasteiger partial charge in [0.1, 0.15) is 5.65 Å². The minimum absolute atomic E-state index is 0.998. The molecule has 20 heavy (non-hydrogen) atoms. The molecule has 3 heterocycles. The fourth-order valence-electron chi connectivity index (χ4n) is 2.69. The molecule has 0 aliphatic heterocycles. The highest BCUT2D eigenvalue weighted by molar-refractivity contribution is 9.10. The summed E-state index contributed by atoms with van der Waals surface area (Å²) in [5.74, 6) is 0. The van der Waals surface area contributed by atoms with E-state index in [2.05, 4.69) is 67.0 Å². The topological polar surface area (TPSA) is 33.6 Å². The number of aryl methyl sites for hydroxylation is 1. The number of hydrogen-bond donors (Lipinski definition) is 1. The van der Waals surface area contributed by atoms with Crippen molar-refractivity contribution in [1.29, 1.82) is 0 Å². The third kappa shape index (κ3) is 1.68. The van der Waals surface area contributed by atoms with Crippen molar-refractivity contribution in [3.63, 3.8) is 0 Å². The van der Waals surface area contributed by atoms with Crippen LogP contribution in [0.15, 0.2) is 53.4 Å². The van der Waals surface area contributed by atoms with Gasteiger partial charge in [-0.25, -0.2) is 4.98 Å². The van der Waals surface area contributed by atoms with E-state index in [4.69, 9.17) is 0 Å². The lowest BCUT2D eigenvalue weighted by molar-refractivity contribution is 0.949. The van der Waals surface area contributed by atoms with Gasteiger partial charge in [0.2, 0.25) is 0 Å². The number of pyridine rings is 1. The van der Waals surface area contributed by atoms with Crippen LogP contribution in [0.2, 0.25) is 0 Å². The van der Waals surface area contributed by atoms with E-state index in [1.54, 1.807) is 0 Å². The maximum absolute atomic E-state index is 4.49. The number of benzene rings is 1. The SMILES string of the molecule is Cn1cc(-c2ccc3[nH]ccc3c2)c2cc(Br)cnc21. The van der Waals surface area contributed by atoms with Crippen LogP contribution in [-0.4, -0.2) is 14.5 Å². The van der Waals surface area contributed by atoms with Crippen molar-refractivity contribution in [3.8, 4) is 11.1 Å². The van der Waals surface area contributed by atoms with Gasteiger partial charge in [0, 0.05) is 46.6 Å². The highest BCUT2D eigenvalue weighted by atomic mass is 79.9. The van der Waals surface area contributed by atoms with Gasteiger partial charge in [-0.15, -0.1) is 0 Å². The summed E-state index contributed by atoms with van der Waals surface area (Å²) in [6.45, 7) is 0. The van der Waals surface area contributed by atoms with Gasteiger partial charge in [0.25, 0.3) is 0 Å². The Labute approximate surface area is 124 Å².